The molecule has 0 saturated heterocycles. The van der Waals surface area contributed by atoms with E-state index in [4.69, 9.17) is 0 Å². The van der Waals surface area contributed by atoms with Crippen LogP contribution in [0.4, 0.5) is 11.4 Å². The number of carboxylic acids is 1. The number of carbonyl (C=O) groups excluding carboxylic acids is 3. The Hall–Kier alpha value is -3.81. The molecular formula is C20H19N4O4-. The second kappa shape index (κ2) is 7.83. The molecule has 28 heavy (non-hydrogen) atoms. The van der Waals surface area contributed by atoms with Gasteiger partial charge in [-0.3, -0.25) is 15.0 Å². The van der Waals surface area contributed by atoms with E-state index in [2.05, 4.69) is 10.7 Å². The summed E-state index contributed by atoms with van der Waals surface area (Å²) in [4.78, 5) is 37.5. The Morgan fingerprint density at radius 3 is 2.43 bits per heavy atom. The van der Waals surface area contributed by atoms with Crippen molar-refractivity contribution in [3.8, 4) is 0 Å². The third kappa shape index (κ3) is 3.96. The minimum atomic E-state index is -1.50. The van der Waals surface area contributed by atoms with Crippen molar-refractivity contribution in [2.24, 2.45) is 0 Å². The first kappa shape index (κ1) is 19.0. The minimum absolute atomic E-state index is 0.396. The quantitative estimate of drug-likeness (QED) is 0.740. The lowest BCUT2D eigenvalue weighted by Gasteiger charge is -2.37. The molecule has 2 aromatic carbocycles. The van der Waals surface area contributed by atoms with Crippen molar-refractivity contribution in [3.05, 3.63) is 71.8 Å². The van der Waals surface area contributed by atoms with Gasteiger partial charge in [-0.1, -0.05) is 24.3 Å². The summed E-state index contributed by atoms with van der Waals surface area (Å²) in [5.41, 5.74) is 5.22. The zero-order chi connectivity index (χ0) is 20.3. The maximum Gasteiger partial charge on any atom is 0.276 e. The zero-order valence-corrected chi connectivity index (χ0v) is 15.4. The highest BCUT2D eigenvalue weighted by molar-refractivity contribution is 6.03. The third-order valence-electron chi connectivity index (χ3n) is 4.25. The van der Waals surface area contributed by atoms with Gasteiger partial charge < -0.3 is 20.1 Å². The summed E-state index contributed by atoms with van der Waals surface area (Å²) in [5, 5.41) is 14.9. The van der Waals surface area contributed by atoms with Gasteiger partial charge in [0.15, 0.2) is 0 Å². The average Bonchev–Trinajstić information content (AvgIpc) is 2.68. The molecule has 2 aromatic rings. The number of para-hydroxylation sites is 1. The predicted molar refractivity (Wildman–Crippen MR) is 102 cm³/mol. The first-order valence-corrected chi connectivity index (χ1v) is 8.53. The fourth-order valence-electron chi connectivity index (χ4n) is 2.86. The maximum absolute atomic E-state index is 13.0. The Labute approximate surface area is 162 Å². The topological polar surface area (TPSA) is 105 Å². The van der Waals surface area contributed by atoms with Crippen LogP contribution in [0.3, 0.4) is 0 Å². The van der Waals surface area contributed by atoms with E-state index in [0.29, 0.717) is 17.3 Å². The largest absolute Gasteiger partial charge is 0.545 e. The van der Waals surface area contributed by atoms with Gasteiger partial charge in [0.2, 0.25) is 0 Å². The van der Waals surface area contributed by atoms with Crippen LogP contribution in [-0.4, -0.2) is 36.9 Å². The number of aliphatic carboxylic acids is 1. The molecule has 0 unspecified atom stereocenters. The van der Waals surface area contributed by atoms with Crippen LogP contribution in [0, 0.1) is 0 Å². The standard InChI is InChI=1S/C20H20N4O4/c1-23(2)14-9-7-13(8-10-14)19-21-16-6-4-3-5-15(16)20(28)24(19)22-17(25)11-12-18(26)27/h3-12,19,21H,1-2H3,(H,22,25)(H,26,27)/p-1/t19-/m1/s1. The Morgan fingerprint density at radius 1 is 1.11 bits per heavy atom. The van der Waals surface area contributed by atoms with E-state index in [-0.39, 0.29) is 0 Å². The molecule has 2 amide bonds. The number of hydrazine groups is 1. The van der Waals surface area contributed by atoms with Gasteiger partial charge in [0.05, 0.1) is 11.5 Å². The number of carboxylic acid groups (broad SMARTS) is 1. The smallest absolute Gasteiger partial charge is 0.276 e. The summed E-state index contributed by atoms with van der Waals surface area (Å²) in [6.45, 7) is 0. The number of hydrogen-bond acceptors (Lipinski definition) is 6. The van der Waals surface area contributed by atoms with Crippen molar-refractivity contribution in [3.63, 3.8) is 0 Å². The average molecular weight is 379 g/mol. The number of benzene rings is 2. The molecular weight excluding hydrogens is 360 g/mol. The summed E-state index contributed by atoms with van der Waals surface area (Å²) in [6.07, 6.45) is 0.736. The van der Waals surface area contributed by atoms with Crippen molar-refractivity contribution >= 4 is 29.2 Å². The lowest BCUT2D eigenvalue weighted by Crippen LogP contribution is -2.52. The number of amides is 2. The second-order valence-electron chi connectivity index (χ2n) is 6.38. The molecule has 1 aliphatic rings. The summed E-state index contributed by atoms with van der Waals surface area (Å²) in [5.74, 6) is -2.67. The molecule has 2 N–H and O–H groups in total. The van der Waals surface area contributed by atoms with Gasteiger partial charge in [0, 0.05) is 31.5 Å². The van der Waals surface area contributed by atoms with Gasteiger partial charge >= 0.3 is 0 Å². The molecule has 0 aromatic heterocycles. The van der Waals surface area contributed by atoms with E-state index in [1.54, 1.807) is 18.2 Å². The molecule has 0 radical (unpaired) electrons. The summed E-state index contributed by atoms with van der Waals surface area (Å²) < 4.78 is 0. The highest BCUT2D eigenvalue weighted by Crippen LogP contribution is 2.32. The summed E-state index contributed by atoms with van der Waals surface area (Å²) in [6, 6.07) is 14.5. The van der Waals surface area contributed by atoms with Crippen LogP contribution in [0.15, 0.2) is 60.7 Å². The lowest BCUT2D eigenvalue weighted by atomic mass is 10.0. The van der Waals surface area contributed by atoms with Crippen molar-refractivity contribution in [1.82, 2.24) is 10.4 Å². The molecule has 3 rings (SSSR count). The number of rotatable bonds is 5. The Bertz CT molecular complexity index is 937. The third-order valence-corrected chi connectivity index (χ3v) is 4.25. The van der Waals surface area contributed by atoms with Crippen molar-refractivity contribution < 1.29 is 19.5 Å². The van der Waals surface area contributed by atoms with Crippen molar-refractivity contribution in [1.29, 1.82) is 0 Å². The van der Waals surface area contributed by atoms with Gasteiger partial charge in [-0.25, -0.2) is 5.01 Å². The first-order valence-electron chi connectivity index (χ1n) is 8.53. The van der Waals surface area contributed by atoms with Crippen LogP contribution in [0.5, 0.6) is 0 Å². The lowest BCUT2D eigenvalue weighted by molar-refractivity contribution is -0.297. The Kier molecular flexibility index (Phi) is 5.30. The van der Waals surface area contributed by atoms with Crippen molar-refractivity contribution in [2.75, 3.05) is 24.3 Å². The van der Waals surface area contributed by atoms with Gasteiger partial charge in [-0.2, -0.15) is 0 Å². The number of carbonyl (C=O) groups is 3. The first-order chi connectivity index (χ1) is 13.4. The number of nitrogens with one attached hydrogen (secondary N) is 2. The number of fused-ring (bicyclic) bond motifs is 1. The van der Waals surface area contributed by atoms with Gasteiger partial charge in [-0.15, -0.1) is 0 Å². The molecule has 0 saturated carbocycles. The molecule has 0 aliphatic carbocycles. The summed E-state index contributed by atoms with van der Waals surface area (Å²) >= 11 is 0. The van der Waals surface area contributed by atoms with Gasteiger partial charge in [0.25, 0.3) is 11.8 Å². The van der Waals surface area contributed by atoms with Crippen LogP contribution in [-0.2, 0) is 9.59 Å². The monoisotopic (exact) mass is 379 g/mol. The fraction of sp³-hybridized carbons (Fsp3) is 0.150. The minimum Gasteiger partial charge on any atom is -0.545 e. The molecule has 1 heterocycles. The van der Waals surface area contributed by atoms with E-state index >= 15 is 0 Å². The zero-order valence-electron chi connectivity index (χ0n) is 15.4. The van der Waals surface area contributed by atoms with E-state index in [1.807, 2.05) is 49.3 Å². The molecule has 1 atom stereocenters. The van der Waals surface area contributed by atoms with E-state index < -0.39 is 23.9 Å². The van der Waals surface area contributed by atoms with Gasteiger partial charge in [-0.05, 0) is 35.9 Å². The Morgan fingerprint density at radius 2 is 1.79 bits per heavy atom. The molecule has 8 nitrogen and oxygen atoms in total. The highest BCUT2D eigenvalue weighted by Gasteiger charge is 2.33. The second-order valence-corrected chi connectivity index (χ2v) is 6.38. The van der Waals surface area contributed by atoms with E-state index in [1.165, 1.54) is 0 Å². The number of nitrogens with zero attached hydrogens (tertiary/aromatic N) is 2. The number of hydrogen-bond donors (Lipinski definition) is 2. The van der Waals surface area contributed by atoms with Crippen LogP contribution in [0.2, 0.25) is 0 Å². The van der Waals surface area contributed by atoms with Crippen LogP contribution >= 0.6 is 0 Å². The van der Waals surface area contributed by atoms with Crippen LogP contribution < -0.4 is 20.7 Å². The molecule has 0 spiro atoms. The van der Waals surface area contributed by atoms with Crippen LogP contribution in [0.25, 0.3) is 0 Å². The van der Waals surface area contributed by atoms with Gasteiger partial charge in [0.1, 0.15) is 6.17 Å². The highest BCUT2D eigenvalue weighted by atomic mass is 16.4. The van der Waals surface area contributed by atoms with Crippen molar-refractivity contribution in [2.45, 2.75) is 6.17 Å². The molecule has 8 heteroatoms. The molecule has 1 aliphatic heterocycles. The maximum atomic E-state index is 13.0. The molecule has 0 bridgehead atoms. The fourth-order valence-corrected chi connectivity index (χ4v) is 2.86. The summed E-state index contributed by atoms with van der Waals surface area (Å²) in [7, 11) is 3.84. The Balaban J connectivity index is 1.95. The normalized spacial score (nSPS) is 15.7. The predicted octanol–water partition coefficient (Wildman–Crippen LogP) is 0.656. The number of anilines is 2. The van der Waals surface area contributed by atoms with Crippen LogP contribution in [0.1, 0.15) is 22.1 Å². The molecule has 144 valence electrons. The SMILES string of the molecule is CN(C)c1ccc([C@@H]2Nc3ccccc3C(=O)N2NC(=O)C=CC(=O)[O-])cc1. The van der Waals surface area contributed by atoms with E-state index in [9.17, 15) is 19.5 Å². The van der Waals surface area contributed by atoms with E-state index in [0.717, 1.165) is 22.3 Å². The molecule has 0 fully saturated rings.